The first-order valence-corrected chi connectivity index (χ1v) is 6.22. The second-order valence-electron chi connectivity index (χ2n) is 3.96. The molecule has 1 saturated heterocycles. The monoisotopic (exact) mass is 277 g/mol. The number of carboxylic acids is 1. The molecular weight excluding hydrogens is 266 g/mol. The van der Waals surface area contributed by atoms with Crippen LogP contribution in [0.3, 0.4) is 0 Å². The van der Waals surface area contributed by atoms with E-state index < -0.39 is 11.9 Å². The molecule has 1 aliphatic rings. The largest absolute Gasteiger partial charge is 0.481 e. The third-order valence-electron chi connectivity index (χ3n) is 2.84. The van der Waals surface area contributed by atoms with Crippen LogP contribution < -0.4 is 0 Å². The molecule has 0 saturated carbocycles. The third-order valence-corrected chi connectivity index (χ3v) is 3.83. The second kappa shape index (κ2) is 5.26. The number of carbonyl (C=O) groups is 1. The fourth-order valence-electron chi connectivity index (χ4n) is 1.86. The van der Waals surface area contributed by atoms with Gasteiger partial charge in [0.1, 0.15) is 10.0 Å². The van der Waals surface area contributed by atoms with Gasteiger partial charge in [-0.25, -0.2) is 0 Å². The summed E-state index contributed by atoms with van der Waals surface area (Å²) in [6.45, 7) is 1.16. The van der Waals surface area contributed by atoms with E-state index in [2.05, 4.69) is 9.59 Å². The van der Waals surface area contributed by atoms with Crippen LogP contribution >= 0.6 is 23.1 Å². The number of aliphatic carboxylic acids is 1. The maximum Gasteiger partial charge on any atom is 0.310 e. The lowest BCUT2D eigenvalue weighted by atomic mass is 10.0. The molecule has 1 aliphatic heterocycles. The van der Waals surface area contributed by atoms with Gasteiger partial charge in [0.25, 0.3) is 0 Å². The van der Waals surface area contributed by atoms with Crippen molar-refractivity contribution in [2.45, 2.75) is 12.6 Å². The van der Waals surface area contributed by atoms with Gasteiger partial charge in [-0.3, -0.25) is 9.69 Å². The van der Waals surface area contributed by atoms with Gasteiger partial charge in [-0.05, 0) is 7.05 Å². The van der Waals surface area contributed by atoms with Crippen molar-refractivity contribution in [3.05, 3.63) is 10.0 Å². The van der Waals surface area contributed by atoms with E-state index in [1.165, 1.54) is 0 Å². The van der Waals surface area contributed by atoms with Crippen molar-refractivity contribution >= 4 is 29.1 Å². The molecule has 0 spiro atoms. The van der Waals surface area contributed by atoms with E-state index in [0.717, 1.165) is 11.5 Å². The van der Waals surface area contributed by atoms with Gasteiger partial charge >= 0.3 is 5.97 Å². The predicted molar refractivity (Wildman–Crippen MR) is 62.1 cm³/mol. The minimum Gasteiger partial charge on any atom is -0.481 e. The Morgan fingerprint density at radius 2 is 2.47 bits per heavy atom. The molecule has 0 aromatic carbocycles. The first-order chi connectivity index (χ1) is 8.09. The Hall–Kier alpha value is -0.760. The van der Waals surface area contributed by atoms with Gasteiger partial charge in [0, 0.05) is 24.1 Å². The molecule has 0 bridgehead atoms. The highest BCUT2D eigenvalue weighted by Gasteiger charge is 2.36. The van der Waals surface area contributed by atoms with Crippen LogP contribution in [-0.4, -0.2) is 51.9 Å². The highest BCUT2D eigenvalue weighted by molar-refractivity contribution is 7.10. The summed E-state index contributed by atoms with van der Waals surface area (Å²) in [5.74, 6) is -1.33. The number of hydrogen-bond donors (Lipinski definition) is 1. The summed E-state index contributed by atoms with van der Waals surface area (Å²) in [6, 6.07) is -0.148. The van der Waals surface area contributed by atoms with Gasteiger partial charge in [0.15, 0.2) is 0 Å². The molecule has 6 nitrogen and oxygen atoms in total. The van der Waals surface area contributed by atoms with Crippen molar-refractivity contribution in [2.24, 2.45) is 5.92 Å². The van der Waals surface area contributed by atoms with Crippen molar-refractivity contribution in [1.29, 1.82) is 0 Å². The first-order valence-electron chi connectivity index (χ1n) is 5.07. The summed E-state index contributed by atoms with van der Waals surface area (Å²) in [4.78, 5) is 12.9. The van der Waals surface area contributed by atoms with Gasteiger partial charge in [-0.2, -0.15) is 0 Å². The van der Waals surface area contributed by atoms with Gasteiger partial charge in [0.2, 0.25) is 0 Å². The molecule has 1 aromatic rings. The van der Waals surface area contributed by atoms with Crippen LogP contribution in [0.1, 0.15) is 5.69 Å². The van der Waals surface area contributed by atoms with Crippen LogP contribution in [0.2, 0.25) is 4.34 Å². The van der Waals surface area contributed by atoms with E-state index in [1.54, 1.807) is 0 Å². The minimum absolute atomic E-state index is 0.148. The van der Waals surface area contributed by atoms with Crippen molar-refractivity contribution < 1.29 is 14.6 Å². The van der Waals surface area contributed by atoms with Crippen LogP contribution in [0.25, 0.3) is 0 Å². The average Bonchev–Trinajstić information content (AvgIpc) is 2.87. The van der Waals surface area contributed by atoms with E-state index in [-0.39, 0.29) is 12.6 Å². The molecule has 0 amide bonds. The van der Waals surface area contributed by atoms with Crippen LogP contribution in [0.4, 0.5) is 0 Å². The molecule has 2 rings (SSSR count). The molecule has 1 aromatic heterocycles. The molecule has 0 radical (unpaired) electrons. The summed E-state index contributed by atoms with van der Waals surface area (Å²) in [5.41, 5.74) is 0.676. The van der Waals surface area contributed by atoms with Crippen LogP contribution in [0.15, 0.2) is 0 Å². The molecule has 2 atom stereocenters. The van der Waals surface area contributed by atoms with Gasteiger partial charge < -0.3 is 9.84 Å². The fraction of sp³-hybridized carbons (Fsp3) is 0.667. The van der Waals surface area contributed by atoms with E-state index in [1.807, 2.05) is 11.9 Å². The maximum absolute atomic E-state index is 11.0. The highest BCUT2D eigenvalue weighted by Crippen LogP contribution is 2.23. The number of carboxylic acid groups (broad SMARTS) is 1. The zero-order valence-corrected chi connectivity index (χ0v) is 10.7. The number of rotatable bonds is 4. The Morgan fingerprint density at radius 3 is 3.06 bits per heavy atom. The smallest absolute Gasteiger partial charge is 0.310 e. The molecule has 1 fully saturated rings. The number of halogens is 1. The Morgan fingerprint density at radius 1 is 1.71 bits per heavy atom. The molecule has 17 heavy (non-hydrogen) atoms. The zero-order valence-electron chi connectivity index (χ0n) is 9.17. The maximum atomic E-state index is 11.0. The molecular formula is C9H12ClN3O3S. The van der Waals surface area contributed by atoms with Crippen LogP contribution in [-0.2, 0) is 16.1 Å². The lowest BCUT2D eigenvalue weighted by molar-refractivity contribution is -0.143. The molecule has 2 unspecified atom stereocenters. The number of likely N-dealkylation sites (N-methyl/N-ethyl adjacent to an activating group) is 1. The topological polar surface area (TPSA) is 75.5 Å². The summed E-state index contributed by atoms with van der Waals surface area (Å²) in [6.07, 6.45) is 0. The third kappa shape index (κ3) is 2.74. The molecule has 2 heterocycles. The highest BCUT2D eigenvalue weighted by atomic mass is 35.5. The van der Waals surface area contributed by atoms with Crippen molar-refractivity contribution in [2.75, 3.05) is 20.3 Å². The Balaban J connectivity index is 2.02. The molecule has 94 valence electrons. The van der Waals surface area contributed by atoms with E-state index in [0.29, 0.717) is 23.2 Å². The van der Waals surface area contributed by atoms with Gasteiger partial charge in [0.05, 0.1) is 19.1 Å². The number of nitrogens with zero attached hydrogens (tertiary/aromatic N) is 3. The second-order valence-corrected chi connectivity index (χ2v) is 5.31. The predicted octanol–water partition coefficient (Wildman–Crippen LogP) is 0.723. The summed E-state index contributed by atoms with van der Waals surface area (Å²) in [7, 11) is 1.84. The summed E-state index contributed by atoms with van der Waals surface area (Å²) >= 11 is 7.03. The van der Waals surface area contributed by atoms with E-state index in [4.69, 9.17) is 21.4 Å². The summed E-state index contributed by atoms with van der Waals surface area (Å²) in [5, 5.41) is 13.0. The molecule has 8 heteroatoms. The lowest BCUT2D eigenvalue weighted by Gasteiger charge is -2.25. The lowest BCUT2D eigenvalue weighted by Crippen LogP contribution is -2.40. The van der Waals surface area contributed by atoms with Crippen molar-refractivity contribution in [3.8, 4) is 0 Å². The fourth-order valence-corrected chi connectivity index (χ4v) is 2.47. The standard InChI is InChI=1S/C9H12ClN3O3S/c1-13(2-6-8(10)17-12-11-6)7-4-16-3-5(7)9(14)15/h5,7H,2-4H2,1H3,(H,14,15). The minimum atomic E-state index is -0.832. The van der Waals surface area contributed by atoms with Crippen molar-refractivity contribution in [1.82, 2.24) is 14.5 Å². The number of ether oxygens (including phenoxy) is 1. The molecule has 1 N–H and O–H groups in total. The average molecular weight is 278 g/mol. The molecule has 0 aliphatic carbocycles. The van der Waals surface area contributed by atoms with Crippen molar-refractivity contribution in [3.63, 3.8) is 0 Å². The number of hydrogen-bond acceptors (Lipinski definition) is 6. The summed E-state index contributed by atoms with van der Waals surface area (Å²) < 4.78 is 9.50. The Labute approximate surface area is 107 Å². The number of aromatic nitrogens is 2. The Bertz CT molecular complexity index is 414. The zero-order chi connectivity index (χ0) is 12.4. The normalized spacial score (nSPS) is 24.4. The SMILES string of the molecule is CN(Cc1nnsc1Cl)C1COCC1C(=O)O. The van der Waals surface area contributed by atoms with E-state index in [9.17, 15) is 4.79 Å². The van der Waals surface area contributed by atoms with Crippen LogP contribution in [0.5, 0.6) is 0 Å². The Kier molecular flexibility index (Phi) is 3.93. The van der Waals surface area contributed by atoms with Gasteiger partial charge in [-0.1, -0.05) is 16.1 Å². The van der Waals surface area contributed by atoms with E-state index >= 15 is 0 Å². The van der Waals surface area contributed by atoms with Gasteiger partial charge in [-0.15, -0.1) is 5.10 Å². The quantitative estimate of drug-likeness (QED) is 0.874. The first kappa shape index (κ1) is 12.7. The van der Waals surface area contributed by atoms with Crippen LogP contribution in [0, 0.1) is 5.92 Å².